The second kappa shape index (κ2) is 17.6. The molecule has 3 aromatic carbocycles. The van der Waals surface area contributed by atoms with Crippen molar-refractivity contribution in [1.29, 1.82) is 0 Å². The molecule has 2 saturated heterocycles. The molecule has 2 N–H and O–H groups in total. The fraction of sp³-hybridized carbons (Fsp3) is 0.500. The molecule has 0 bridgehead atoms. The monoisotopic (exact) mass is 763 g/mol. The van der Waals surface area contributed by atoms with E-state index in [4.69, 9.17) is 36.3 Å². The van der Waals surface area contributed by atoms with E-state index in [-0.39, 0.29) is 42.0 Å². The van der Waals surface area contributed by atoms with Crippen molar-refractivity contribution in [2.24, 2.45) is 0 Å². The summed E-state index contributed by atoms with van der Waals surface area (Å²) >= 11 is 6.47. The zero-order valence-corrected chi connectivity index (χ0v) is 32.1. The Bertz CT molecular complexity index is 1870. The van der Waals surface area contributed by atoms with Crippen LogP contribution in [-0.2, 0) is 14.3 Å². The van der Waals surface area contributed by atoms with Gasteiger partial charge in [0, 0.05) is 87.6 Å². The molecule has 0 spiro atoms. The molecule has 2 unspecified atom stereocenters. The molecular weight excluding hydrogens is 714 g/mol. The molecule has 2 atom stereocenters. The highest BCUT2D eigenvalue weighted by Crippen LogP contribution is 2.46. The van der Waals surface area contributed by atoms with Crippen LogP contribution in [0.2, 0.25) is 0 Å². The average molecular weight is 764 g/mol. The number of amides is 3. The standard InChI is InChI=1S/C40H50ClN5O8/c1-26(47)53-25-28-10-9-14-45(28)39(49)31-20-35(51-3)36(21-32(31)42)52-19-8-4-5-13-37(48)46-24-27(23-41)38-30-12-7-6-11-29(30)34(22-33(38)46)54-40(50)44-17-15-43(2)16-18-44/h6-7,11-12,20-22,27-28H,4-5,8-10,13-19,23-25,42H2,1-3H3. The van der Waals surface area contributed by atoms with Crippen molar-refractivity contribution in [2.75, 3.05) is 83.2 Å². The number of fused-ring (bicyclic) bond motifs is 3. The van der Waals surface area contributed by atoms with Gasteiger partial charge < -0.3 is 44.3 Å². The van der Waals surface area contributed by atoms with E-state index in [0.717, 1.165) is 54.4 Å². The molecule has 3 aliphatic rings. The number of methoxy groups -OCH3 is 1. The third-order valence-corrected chi connectivity index (χ3v) is 10.9. The minimum Gasteiger partial charge on any atom is -0.493 e. The molecule has 3 amide bonds. The number of rotatable bonds is 13. The lowest BCUT2D eigenvalue weighted by Gasteiger charge is -2.31. The van der Waals surface area contributed by atoms with E-state index in [2.05, 4.69) is 4.90 Å². The summed E-state index contributed by atoms with van der Waals surface area (Å²) in [7, 11) is 3.54. The van der Waals surface area contributed by atoms with Crippen molar-refractivity contribution < 1.29 is 38.1 Å². The van der Waals surface area contributed by atoms with E-state index in [1.165, 1.54) is 14.0 Å². The number of hydrogen-bond donors (Lipinski definition) is 1. The molecule has 0 radical (unpaired) electrons. The summed E-state index contributed by atoms with van der Waals surface area (Å²) in [6, 6.07) is 12.6. The van der Waals surface area contributed by atoms with Gasteiger partial charge in [0.2, 0.25) is 5.91 Å². The van der Waals surface area contributed by atoms with E-state index in [9.17, 15) is 19.2 Å². The van der Waals surface area contributed by atoms with E-state index >= 15 is 0 Å². The maximum atomic E-state index is 13.7. The molecule has 54 heavy (non-hydrogen) atoms. The zero-order valence-electron chi connectivity index (χ0n) is 31.3. The number of piperazine rings is 1. The number of ether oxygens (including phenoxy) is 4. The molecule has 2 fully saturated rings. The molecule has 14 heteroatoms. The first-order valence-corrected chi connectivity index (χ1v) is 19.2. The smallest absolute Gasteiger partial charge is 0.415 e. The molecule has 290 valence electrons. The number of hydrogen-bond acceptors (Lipinski definition) is 10. The average Bonchev–Trinajstić information content (AvgIpc) is 3.80. The minimum absolute atomic E-state index is 0.0146. The van der Waals surface area contributed by atoms with Gasteiger partial charge >= 0.3 is 12.1 Å². The normalized spacial score (nSPS) is 18.5. The Morgan fingerprint density at radius 2 is 1.69 bits per heavy atom. The van der Waals surface area contributed by atoms with Gasteiger partial charge in [0.15, 0.2) is 11.5 Å². The summed E-state index contributed by atoms with van der Waals surface area (Å²) in [5.74, 6) is 0.922. The molecule has 13 nitrogen and oxygen atoms in total. The van der Waals surface area contributed by atoms with Crippen molar-refractivity contribution in [3.8, 4) is 17.2 Å². The highest BCUT2D eigenvalue weighted by molar-refractivity contribution is 6.19. The lowest BCUT2D eigenvalue weighted by atomic mass is 9.95. The van der Waals surface area contributed by atoms with Crippen LogP contribution in [0.3, 0.4) is 0 Å². The fourth-order valence-corrected chi connectivity index (χ4v) is 7.81. The Morgan fingerprint density at radius 1 is 0.926 bits per heavy atom. The number of benzene rings is 3. The summed E-state index contributed by atoms with van der Waals surface area (Å²) < 4.78 is 22.8. The highest BCUT2D eigenvalue weighted by Gasteiger charge is 2.35. The van der Waals surface area contributed by atoms with Crippen molar-refractivity contribution >= 4 is 57.6 Å². The Balaban J connectivity index is 1.05. The summed E-state index contributed by atoms with van der Waals surface area (Å²) in [5, 5.41) is 1.75. The van der Waals surface area contributed by atoms with Gasteiger partial charge in [-0.2, -0.15) is 0 Å². The number of nitrogens with zero attached hydrogens (tertiary/aromatic N) is 4. The lowest BCUT2D eigenvalue weighted by Crippen LogP contribution is -2.48. The fourth-order valence-electron chi connectivity index (χ4n) is 7.56. The first-order chi connectivity index (χ1) is 26.1. The van der Waals surface area contributed by atoms with E-state index in [0.29, 0.717) is 80.7 Å². The third-order valence-electron chi connectivity index (χ3n) is 10.6. The third kappa shape index (κ3) is 8.63. The van der Waals surface area contributed by atoms with Crippen LogP contribution >= 0.6 is 11.6 Å². The molecule has 3 heterocycles. The summed E-state index contributed by atoms with van der Waals surface area (Å²) in [4.78, 5) is 59.0. The number of halogens is 1. The van der Waals surface area contributed by atoms with Crippen molar-refractivity contribution in [3.63, 3.8) is 0 Å². The number of nitrogens with two attached hydrogens (primary N) is 1. The van der Waals surface area contributed by atoms with E-state index in [1.807, 2.05) is 37.4 Å². The van der Waals surface area contributed by atoms with Gasteiger partial charge in [0.25, 0.3) is 5.91 Å². The number of carbonyl (C=O) groups excluding carboxylic acids is 4. The highest BCUT2D eigenvalue weighted by atomic mass is 35.5. The van der Waals surface area contributed by atoms with Gasteiger partial charge in [-0.1, -0.05) is 24.3 Å². The largest absolute Gasteiger partial charge is 0.493 e. The summed E-state index contributed by atoms with van der Waals surface area (Å²) in [6.45, 7) is 5.63. The van der Waals surface area contributed by atoms with Crippen LogP contribution in [-0.4, -0.2) is 117 Å². The number of nitrogen functional groups attached to an aromatic ring is 1. The minimum atomic E-state index is -0.391. The van der Waals surface area contributed by atoms with E-state index in [1.54, 1.807) is 26.8 Å². The van der Waals surface area contributed by atoms with Gasteiger partial charge in [-0.3, -0.25) is 14.4 Å². The second-order valence-electron chi connectivity index (χ2n) is 14.2. The van der Waals surface area contributed by atoms with Gasteiger partial charge in [-0.25, -0.2) is 4.79 Å². The lowest BCUT2D eigenvalue weighted by molar-refractivity contribution is -0.142. The van der Waals surface area contributed by atoms with Crippen LogP contribution in [0.5, 0.6) is 17.2 Å². The maximum Gasteiger partial charge on any atom is 0.415 e. The van der Waals surface area contributed by atoms with Crippen LogP contribution in [0.4, 0.5) is 16.2 Å². The van der Waals surface area contributed by atoms with Crippen molar-refractivity contribution in [1.82, 2.24) is 14.7 Å². The molecule has 0 saturated carbocycles. The quantitative estimate of drug-likeness (QED) is 0.100. The Morgan fingerprint density at radius 3 is 2.41 bits per heavy atom. The van der Waals surface area contributed by atoms with Crippen molar-refractivity contribution in [2.45, 2.75) is 57.4 Å². The van der Waals surface area contributed by atoms with E-state index < -0.39 is 6.09 Å². The van der Waals surface area contributed by atoms with Gasteiger partial charge in [-0.05, 0) is 56.2 Å². The number of esters is 1. The molecule has 3 aliphatic heterocycles. The summed E-state index contributed by atoms with van der Waals surface area (Å²) in [6.07, 6.45) is 3.57. The van der Waals surface area contributed by atoms with Gasteiger partial charge in [0.1, 0.15) is 12.4 Å². The molecule has 0 aliphatic carbocycles. The molecule has 0 aromatic heterocycles. The zero-order chi connectivity index (χ0) is 38.4. The first kappa shape index (κ1) is 39.0. The van der Waals surface area contributed by atoms with Crippen LogP contribution in [0.25, 0.3) is 10.8 Å². The SMILES string of the molecule is COc1cc(C(=O)N2CCCC2COC(C)=O)c(N)cc1OCCCCCC(=O)N1CC(CCl)c2c1cc(OC(=O)N1CCN(C)CC1)c1ccccc21. The molecular formula is C40H50ClN5O8. The van der Waals surface area contributed by atoms with Crippen molar-refractivity contribution in [3.05, 3.63) is 53.6 Å². The molecule has 6 rings (SSSR count). The maximum absolute atomic E-state index is 13.7. The Hall–Kier alpha value is -4.75. The van der Waals surface area contributed by atoms with Crippen LogP contribution in [0, 0.1) is 0 Å². The van der Waals surface area contributed by atoms with Gasteiger partial charge in [-0.15, -0.1) is 11.6 Å². The predicted molar refractivity (Wildman–Crippen MR) is 207 cm³/mol. The predicted octanol–water partition coefficient (Wildman–Crippen LogP) is 5.65. The first-order valence-electron chi connectivity index (χ1n) is 18.7. The number of unbranched alkanes of at least 4 members (excludes halogenated alkanes) is 2. The number of carbonyl (C=O) groups is 4. The van der Waals surface area contributed by atoms with Crippen LogP contribution in [0.15, 0.2) is 42.5 Å². The number of likely N-dealkylation sites (N-methyl/N-ethyl adjacent to an activating group) is 1. The van der Waals surface area contributed by atoms with Gasteiger partial charge in [0.05, 0.1) is 31.0 Å². The number of alkyl halides is 1. The Labute approximate surface area is 321 Å². The second-order valence-corrected chi connectivity index (χ2v) is 14.5. The number of anilines is 2. The summed E-state index contributed by atoms with van der Waals surface area (Å²) in [5.41, 5.74) is 8.66. The Kier molecular flexibility index (Phi) is 12.7. The topological polar surface area (TPSA) is 144 Å². The molecule has 3 aromatic rings. The van der Waals surface area contributed by atoms with Crippen LogP contribution < -0.4 is 24.8 Å². The number of likely N-dealkylation sites (tertiary alicyclic amines) is 1. The van der Waals surface area contributed by atoms with Crippen LogP contribution in [0.1, 0.15) is 67.3 Å².